The summed E-state index contributed by atoms with van der Waals surface area (Å²) in [5, 5.41) is 8.76. The molecule has 0 radical (unpaired) electrons. The number of benzene rings is 3. The molecule has 2 amide bonds. The fraction of sp³-hybridized carbons (Fsp3) is 0.222. The lowest BCUT2D eigenvalue weighted by molar-refractivity contribution is 0.0976. The van der Waals surface area contributed by atoms with Crippen LogP contribution in [0.5, 0.6) is 0 Å². The molecule has 0 aliphatic heterocycles. The molecule has 0 saturated carbocycles. The van der Waals surface area contributed by atoms with Gasteiger partial charge >= 0.3 is 0 Å². The van der Waals surface area contributed by atoms with Gasteiger partial charge in [0, 0.05) is 22.5 Å². The minimum Gasteiger partial charge on any atom is -0.332 e. The minimum atomic E-state index is -0.279. The summed E-state index contributed by atoms with van der Waals surface area (Å²) in [6, 6.07) is 20.3. The van der Waals surface area contributed by atoms with Crippen LogP contribution < -0.4 is 16.0 Å². The van der Waals surface area contributed by atoms with E-state index in [-0.39, 0.29) is 22.3 Å². The summed E-state index contributed by atoms with van der Waals surface area (Å²) in [7, 11) is 0. The van der Waals surface area contributed by atoms with Crippen molar-refractivity contribution < 1.29 is 9.59 Å². The summed E-state index contributed by atoms with van der Waals surface area (Å²) in [5.41, 5.74) is 5.75. The Kier molecular flexibility index (Phi) is 7.29. The second-order valence-electron chi connectivity index (χ2n) is 9.07. The van der Waals surface area contributed by atoms with E-state index in [1.807, 2.05) is 56.3 Å². The molecule has 3 N–H and O–H groups in total. The summed E-state index contributed by atoms with van der Waals surface area (Å²) in [6.45, 7) is 10.4. The quantitative estimate of drug-likeness (QED) is 0.420. The van der Waals surface area contributed by atoms with E-state index in [9.17, 15) is 9.59 Å². The van der Waals surface area contributed by atoms with Crippen molar-refractivity contribution in [1.29, 1.82) is 0 Å². The van der Waals surface area contributed by atoms with Crippen LogP contribution in [0.1, 0.15) is 58.2 Å². The summed E-state index contributed by atoms with van der Waals surface area (Å²) in [5.74, 6) is -0.475. The Balaban J connectivity index is 1.62. The predicted molar refractivity (Wildman–Crippen MR) is 139 cm³/mol. The van der Waals surface area contributed by atoms with Crippen molar-refractivity contribution in [2.75, 3.05) is 10.6 Å². The van der Waals surface area contributed by atoms with Gasteiger partial charge in [-0.25, -0.2) is 0 Å². The van der Waals surface area contributed by atoms with Crippen LogP contribution in [0.3, 0.4) is 0 Å². The second kappa shape index (κ2) is 9.96. The van der Waals surface area contributed by atoms with Gasteiger partial charge in [-0.3, -0.25) is 14.9 Å². The molecule has 0 aliphatic rings. The third-order valence-corrected chi connectivity index (χ3v) is 5.59. The highest BCUT2D eigenvalue weighted by Crippen LogP contribution is 2.23. The van der Waals surface area contributed by atoms with Gasteiger partial charge in [0.2, 0.25) is 0 Å². The van der Waals surface area contributed by atoms with Gasteiger partial charge in [-0.1, -0.05) is 45.0 Å². The molecule has 0 atom stereocenters. The van der Waals surface area contributed by atoms with Gasteiger partial charge in [-0.15, -0.1) is 0 Å². The van der Waals surface area contributed by atoms with Crippen LogP contribution >= 0.6 is 12.2 Å². The lowest BCUT2D eigenvalue weighted by atomic mass is 9.87. The first kappa shape index (κ1) is 24.1. The van der Waals surface area contributed by atoms with Crippen LogP contribution in [-0.4, -0.2) is 16.9 Å². The second-order valence-corrected chi connectivity index (χ2v) is 9.48. The first-order valence-electron chi connectivity index (χ1n) is 10.7. The van der Waals surface area contributed by atoms with Gasteiger partial charge in [0.1, 0.15) is 0 Å². The number of hydrogen-bond donors (Lipinski definition) is 3. The Morgan fingerprint density at radius 3 is 1.94 bits per heavy atom. The molecule has 0 heterocycles. The lowest BCUT2D eigenvalue weighted by Crippen LogP contribution is -2.34. The normalized spacial score (nSPS) is 10.9. The van der Waals surface area contributed by atoms with Crippen LogP contribution in [-0.2, 0) is 5.41 Å². The van der Waals surface area contributed by atoms with Gasteiger partial charge in [-0.2, -0.15) is 0 Å². The standard InChI is InChI=1S/C27H29N3O2S/c1-17-9-10-20(15-18(17)2)25(32)30-26(33)29-23-8-6-7-22(16-23)28-24(31)19-11-13-21(14-12-19)27(3,4)5/h6-16H,1-5H3,(H,28,31)(H2,29,30,32,33). The molecule has 6 heteroatoms. The molecular weight excluding hydrogens is 430 g/mol. The Hall–Kier alpha value is -3.51. The summed E-state index contributed by atoms with van der Waals surface area (Å²) in [6.07, 6.45) is 0. The van der Waals surface area contributed by atoms with Crippen LogP contribution in [0.25, 0.3) is 0 Å². The predicted octanol–water partition coefficient (Wildman–Crippen LogP) is 5.98. The highest BCUT2D eigenvalue weighted by Gasteiger charge is 2.15. The molecule has 33 heavy (non-hydrogen) atoms. The van der Waals surface area contributed by atoms with E-state index >= 15 is 0 Å². The van der Waals surface area contributed by atoms with Crippen molar-refractivity contribution in [2.45, 2.75) is 40.0 Å². The van der Waals surface area contributed by atoms with Crippen molar-refractivity contribution in [1.82, 2.24) is 5.32 Å². The van der Waals surface area contributed by atoms with Crippen LogP contribution in [0, 0.1) is 13.8 Å². The zero-order valence-electron chi connectivity index (χ0n) is 19.6. The Morgan fingerprint density at radius 2 is 1.33 bits per heavy atom. The molecule has 0 spiro atoms. The number of aryl methyl sites for hydroxylation is 2. The van der Waals surface area contributed by atoms with Gasteiger partial charge in [0.25, 0.3) is 11.8 Å². The summed E-state index contributed by atoms with van der Waals surface area (Å²) in [4.78, 5) is 25.1. The van der Waals surface area contributed by atoms with E-state index in [4.69, 9.17) is 12.2 Å². The van der Waals surface area contributed by atoms with Crippen molar-refractivity contribution in [3.05, 3.63) is 94.5 Å². The molecule has 0 aliphatic carbocycles. The van der Waals surface area contributed by atoms with E-state index in [0.717, 1.165) is 11.1 Å². The molecule has 5 nitrogen and oxygen atoms in total. The molecule has 0 unspecified atom stereocenters. The summed E-state index contributed by atoms with van der Waals surface area (Å²) < 4.78 is 0. The largest absolute Gasteiger partial charge is 0.332 e. The van der Waals surface area contributed by atoms with E-state index in [0.29, 0.717) is 22.5 Å². The van der Waals surface area contributed by atoms with Crippen molar-refractivity contribution in [3.63, 3.8) is 0 Å². The lowest BCUT2D eigenvalue weighted by Gasteiger charge is -2.19. The molecule has 3 aromatic rings. The monoisotopic (exact) mass is 459 g/mol. The van der Waals surface area contributed by atoms with Gasteiger partial charge in [-0.05, 0) is 90.6 Å². The van der Waals surface area contributed by atoms with Crippen molar-refractivity contribution in [3.8, 4) is 0 Å². The Labute approximate surface area is 200 Å². The third kappa shape index (κ3) is 6.49. The van der Waals surface area contributed by atoms with E-state index in [1.54, 1.807) is 24.3 Å². The average molecular weight is 460 g/mol. The smallest absolute Gasteiger partial charge is 0.257 e. The minimum absolute atomic E-state index is 0.0289. The van der Waals surface area contributed by atoms with Gasteiger partial charge < -0.3 is 10.6 Å². The molecule has 170 valence electrons. The van der Waals surface area contributed by atoms with E-state index in [2.05, 4.69) is 36.7 Å². The maximum Gasteiger partial charge on any atom is 0.257 e. The van der Waals surface area contributed by atoms with E-state index < -0.39 is 0 Å². The fourth-order valence-corrected chi connectivity index (χ4v) is 3.43. The maximum absolute atomic E-state index is 12.6. The molecule has 3 aromatic carbocycles. The summed E-state index contributed by atoms with van der Waals surface area (Å²) >= 11 is 5.29. The van der Waals surface area contributed by atoms with Crippen LogP contribution in [0.15, 0.2) is 66.7 Å². The number of thiocarbonyl (C=S) groups is 1. The molecule has 0 bridgehead atoms. The number of hydrogen-bond acceptors (Lipinski definition) is 3. The zero-order valence-corrected chi connectivity index (χ0v) is 20.4. The number of carbonyl (C=O) groups excluding carboxylic acids is 2. The van der Waals surface area contributed by atoms with Crippen molar-refractivity contribution >= 4 is 40.5 Å². The first-order valence-corrected chi connectivity index (χ1v) is 11.2. The number of anilines is 2. The van der Waals surface area contributed by atoms with Crippen LogP contribution in [0.2, 0.25) is 0 Å². The molecule has 3 rings (SSSR count). The molecular formula is C27H29N3O2S. The fourth-order valence-electron chi connectivity index (χ4n) is 3.22. The Morgan fingerprint density at radius 1 is 0.727 bits per heavy atom. The average Bonchev–Trinajstić information content (AvgIpc) is 2.75. The maximum atomic E-state index is 12.6. The first-order chi connectivity index (χ1) is 15.5. The van der Waals surface area contributed by atoms with Gasteiger partial charge in [0.05, 0.1) is 0 Å². The zero-order chi connectivity index (χ0) is 24.2. The third-order valence-electron chi connectivity index (χ3n) is 5.39. The Bertz CT molecular complexity index is 1190. The number of nitrogens with one attached hydrogen (secondary N) is 3. The molecule has 0 fully saturated rings. The highest BCUT2D eigenvalue weighted by molar-refractivity contribution is 7.80. The molecule has 0 aromatic heterocycles. The topological polar surface area (TPSA) is 70.2 Å². The number of amides is 2. The van der Waals surface area contributed by atoms with Gasteiger partial charge in [0.15, 0.2) is 5.11 Å². The highest BCUT2D eigenvalue weighted by atomic mass is 32.1. The molecule has 0 saturated heterocycles. The number of rotatable bonds is 4. The van der Waals surface area contributed by atoms with E-state index in [1.165, 1.54) is 5.56 Å². The SMILES string of the molecule is Cc1ccc(C(=O)NC(=S)Nc2cccc(NC(=O)c3ccc(C(C)(C)C)cc3)c2)cc1C. The number of carbonyl (C=O) groups is 2. The van der Waals surface area contributed by atoms with Crippen LogP contribution in [0.4, 0.5) is 11.4 Å². The van der Waals surface area contributed by atoms with Crippen molar-refractivity contribution in [2.24, 2.45) is 0 Å².